The number of aromatic nitrogens is 2. The van der Waals surface area contributed by atoms with E-state index in [1.54, 1.807) is 6.92 Å². The first-order chi connectivity index (χ1) is 10.1. The van der Waals surface area contributed by atoms with Crippen molar-refractivity contribution in [3.63, 3.8) is 0 Å². The average Bonchev–Trinajstić information content (AvgIpc) is 3.08. The Morgan fingerprint density at radius 2 is 2.19 bits per heavy atom. The molecule has 1 atom stereocenters. The Hall–Kier alpha value is -2.21. The fourth-order valence-electron chi connectivity index (χ4n) is 2.91. The highest BCUT2D eigenvalue weighted by atomic mass is 16.5. The van der Waals surface area contributed by atoms with E-state index in [1.165, 1.54) is 0 Å². The van der Waals surface area contributed by atoms with Crippen LogP contribution in [0.15, 0.2) is 34.9 Å². The summed E-state index contributed by atoms with van der Waals surface area (Å²) in [6, 6.07) is 9.42. The Balaban J connectivity index is 1.80. The molecule has 2 aromatic rings. The normalized spacial score (nSPS) is 22.5. The Bertz CT molecular complexity index is 641. The maximum Gasteiger partial charge on any atom is 0.315 e. The van der Waals surface area contributed by atoms with Gasteiger partial charge in [0, 0.05) is 13.1 Å². The van der Waals surface area contributed by atoms with Crippen molar-refractivity contribution in [3.8, 4) is 0 Å². The van der Waals surface area contributed by atoms with Gasteiger partial charge < -0.3 is 9.63 Å². The third-order valence-electron chi connectivity index (χ3n) is 4.01. The minimum Gasteiger partial charge on any atom is -0.481 e. The molecule has 1 fully saturated rings. The zero-order valence-corrected chi connectivity index (χ0v) is 11.8. The van der Waals surface area contributed by atoms with E-state index in [1.807, 2.05) is 35.2 Å². The van der Waals surface area contributed by atoms with Crippen LogP contribution in [0.4, 0.5) is 0 Å². The molecule has 0 aliphatic carbocycles. The number of carboxylic acid groups (broad SMARTS) is 1. The summed E-state index contributed by atoms with van der Waals surface area (Å²) in [6.07, 6.45) is 0.583. The molecule has 1 aliphatic rings. The summed E-state index contributed by atoms with van der Waals surface area (Å²) in [5.74, 6) is 0.344. The molecule has 1 aromatic carbocycles. The predicted molar refractivity (Wildman–Crippen MR) is 74.7 cm³/mol. The van der Waals surface area contributed by atoms with Crippen LogP contribution in [-0.4, -0.2) is 39.2 Å². The number of carboxylic acids is 1. The molecular weight excluding hydrogens is 270 g/mol. The van der Waals surface area contributed by atoms with Crippen molar-refractivity contribution in [2.45, 2.75) is 25.3 Å². The third kappa shape index (κ3) is 2.54. The quantitative estimate of drug-likeness (QED) is 0.920. The first kappa shape index (κ1) is 13.8. The summed E-state index contributed by atoms with van der Waals surface area (Å²) in [6.45, 7) is 3.40. The second kappa shape index (κ2) is 5.29. The number of aryl methyl sites for hydroxylation is 1. The van der Waals surface area contributed by atoms with Crippen molar-refractivity contribution in [2.75, 3.05) is 13.1 Å². The van der Waals surface area contributed by atoms with E-state index in [0.717, 1.165) is 5.56 Å². The maximum atomic E-state index is 11.8. The molecule has 1 aromatic heterocycles. The van der Waals surface area contributed by atoms with E-state index in [0.29, 0.717) is 37.8 Å². The van der Waals surface area contributed by atoms with Crippen molar-refractivity contribution >= 4 is 5.97 Å². The van der Waals surface area contributed by atoms with Crippen molar-refractivity contribution in [3.05, 3.63) is 47.6 Å². The monoisotopic (exact) mass is 287 g/mol. The van der Waals surface area contributed by atoms with Crippen molar-refractivity contribution in [1.82, 2.24) is 15.0 Å². The fraction of sp³-hybridized carbons (Fsp3) is 0.400. The standard InChI is InChI=1S/C15H17N3O3/c1-11-16-13(21-17-11)9-18-8-7-15(10-18,14(19)20)12-5-3-2-4-6-12/h2-6H,7-10H2,1H3,(H,19,20). The number of nitrogens with zero attached hydrogens (tertiary/aromatic N) is 3. The van der Waals surface area contributed by atoms with Gasteiger partial charge in [-0.1, -0.05) is 35.5 Å². The SMILES string of the molecule is Cc1noc(CN2CCC(C(=O)O)(c3ccccc3)C2)n1. The van der Waals surface area contributed by atoms with Crippen molar-refractivity contribution in [2.24, 2.45) is 0 Å². The van der Waals surface area contributed by atoms with Gasteiger partial charge >= 0.3 is 5.97 Å². The first-order valence-corrected chi connectivity index (χ1v) is 6.91. The van der Waals surface area contributed by atoms with Gasteiger partial charge in [0.05, 0.1) is 6.54 Å². The van der Waals surface area contributed by atoms with Gasteiger partial charge in [0.1, 0.15) is 5.41 Å². The second-order valence-electron chi connectivity index (χ2n) is 5.45. The van der Waals surface area contributed by atoms with Crippen LogP contribution in [0, 0.1) is 6.92 Å². The van der Waals surface area contributed by atoms with Crippen LogP contribution in [0.1, 0.15) is 23.7 Å². The van der Waals surface area contributed by atoms with Gasteiger partial charge in [0.25, 0.3) is 0 Å². The molecule has 6 heteroatoms. The summed E-state index contributed by atoms with van der Waals surface area (Å²) in [5.41, 5.74) is -0.00206. The fourth-order valence-corrected chi connectivity index (χ4v) is 2.91. The molecule has 1 saturated heterocycles. The molecule has 0 saturated carbocycles. The molecular formula is C15H17N3O3. The predicted octanol–water partition coefficient (Wildman–Crippen LogP) is 1.61. The van der Waals surface area contributed by atoms with E-state index in [4.69, 9.17) is 4.52 Å². The van der Waals surface area contributed by atoms with E-state index >= 15 is 0 Å². The number of aliphatic carboxylic acids is 1. The highest BCUT2D eigenvalue weighted by molar-refractivity contribution is 5.82. The number of hydrogen-bond donors (Lipinski definition) is 1. The minimum atomic E-state index is -0.851. The van der Waals surface area contributed by atoms with E-state index in [9.17, 15) is 9.90 Å². The van der Waals surface area contributed by atoms with Gasteiger partial charge in [-0.3, -0.25) is 9.69 Å². The Kier molecular flexibility index (Phi) is 3.47. The summed E-state index contributed by atoms with van der Waals surface area (Å²) in [7, 11) is 0. The molecule has 110 valence electrons. The summed E-state index contributed by atoms with van der Waals surface area (Å²) in [4.78, 5) is 18.1. The largest absolute Gasteiger partial charge is 0.481 e. The molecule has 0 radical (unpaired) electrons. The lowest BCUT2D eigenvalue weighted by atomic mass is 9.80. The van der Waals surface area contributed by atoms with Crippen LogP contribution in [0.2, 0.25) is 0 Å². The maximum absolute atomic E-state index is 11.8. The van der Waals surface area contributed by atoms with Crippen LogP contribution in [0.5, 0.6) is 0 Å². The third-order valence-corrected chi connectivity index (χ3v) is 4.01. The molecule has 3 rings (SSSR count). The number of rotatable bonds is 4. The van der Waals surface area contributed by atoms with Crippen LogP contribution >= 0.6 is 0 Å². The lowest BCUT2D eigenvalue weighted by Crippen LogP contribution is -2.38. The minimum absolute atomic E-state index is 0.452. The highest BCUT2D eigenvalue weighted by Gasteiger charge is 2.46. The van der Waals surface area contributed by atoms with E-state index < -0.39 is 11.4 Å². The zero-order valence-electron chi connectivity index (χ0n) is 11.8. The van der Waals surface area contributed by atoms with Gasteiger partial charge in [-0.2, -0.15) is 4.98 Å². The number of likely N-dealkylation sites (tertiary alicyclic amines) is 1. The Morgan fingerprint density at radius 1 is 1.43 bits per heavy atom. The Morgan fingerprint density at radius 3 is 2.81 bits per heavy atom. The highest BCUT2D eigenvalue weighted by Crippen LogP contribution is 2.35. The molecule has 21 heavy (non-hydrogen) atoms. The van der Waals surface area contributed by atoms with Gasteiger partial charge in [0.2, 0.25) is 5.89 Å². The summed E-state index contributed by atoms with van der Waals surface area (Å²) < 4.78 is 5.11. The van der Waals surface area contributed by atoms with Crippen LogP contribution < -0.4 is 0 Å². The van der Waals surface area contributed by atoms with Gasteiger partial charge in [-0.15, -0.1) is 0 Å². The molecule has 0 amide bonds. The van der Waals surface area contributed by atoms with Crippen molar-refractivity contribution < 1.29 is 14.4 Å². The molecule has 1 aliphatic heterocycles. The van der Waals surface area contributed by atoms with Crippen molar-refractivity contribution in [1.29, 1.82) is 0 Å². The van der Waals surface area contributed by atoms with Crippen LogP contribution in [-0.2, 0) is 16.8 Å². The average molecular weight is 287 g/mol. The summed E-state index contributed by atoms with van der Waals surface area (Å²) in [5, 5.41) is 13.5. The molecule has 2 heterocycles. The van der Waals surface area contributed by atoms with E-state index in [-0.39, 0.29) is 0 Å². The molecule has 6 nitrogen and oxygen atoms in total. The zero-order chi connectivity index (χ0) is 14.9. The second-order valence-corrected chi connectivity index (χ2v) is 5.45. The smallest absolute Gasteiger partial charge is 0.315 e. The first-order valence-electron chi connectivity index (χ1n) is 6.91. The lowest BCUT2D eigenvalue weighted by Gasteiger charge is -2.25. The molecule has 0 spiro atoms. The van der Waals surface area contributed by atoms with Gasteiger partial charge in [0.15, 0.2) is 5.82 Å². The van der Waals surface area contributed by atoms with Gasteiger partial charge in [-0.25, -0.2) is 0 Å². The van der Waals surface area contributed by atoms with Crippen LogP contribution in [0.25, 0.3) is 0 Å². The molecule has 1 unspecified atom stereocenters. The number of benzene rings is 1. The molecule has 0 bridgehead atoms. The topological polar surface area (TPSA) is 79.5 Å². The van der Waals surface area contributed by atoms with E-state index in [2.05, 4.69) is 10.1 Å². The van der Waals surface area contributed by atoms with Crippen LogP contribution in [0.3, 0.4) is 0 Å². The lowest BCUT2D eigenvalue weighted by molar-refractivity contribution is -0.143. The Labute approximate surface area is 122 Å². The molecule has 1 N–H and O–H groups in total. The number of carbonyl (C=O) groups is 1. The number of hydrogen-bond acceptors (Lipinski definition) is 5. The van der Waals surface area contributed by atoms with Gasteiger partial charge in [-0.05, 0) is 18.9 Å². The summed E-state index contributed by atoms with van der Waals surface area (Å²) >= 11 is 0.